The Balaban J connectivity index is 2.18. The molecule has 0 amide bonds. The van der Waals surface area contributed by atoms with Crippen LogP contribution in [0.1, 0.15) is 6.92 Å². The second kappa shape index (κ2) is 5.64. The van der Waals surface area contributed by atoms with Crippen molar-refractivity contribution in [1.82, 2.24) is 9.97 Å². The van der Waals surface area contributed by atoms with Crippen LogP contribution in [0.3, 0.4) is 0 Å². The van der Waals surface area contributed by atoms with E-state index in [2.05, 4.69) is 37.7 Å². The Morgan fingerprint density at radius 2 is 2.41 bits per heavy atom. The molecule has 2 rings (SSSR count). The number of anilines is 1. The van der Waals surface area contributed by atoms with Crippen molar-refractivity contribution in [2.75, 3.05) is 30.5 Å². The molecule has 0 aliphatic carbocycles. The molecule has 0 aromatic carbocycles. The molecule has 0 saturated carbocycles. The molecule has 1 aromatic heterocycles. The van der Waals surface area contributed by atoms with Gasteiger partial charge in [0.1, 0.15) is 12.1 Å². The monoisotopic (exact) mass is 301 g/mol. The van der Waals surface area contributed by atoms with Gasteiger partial charge in [0.2, 0.25) is 5.88 Å². The van der Waals surface area contributed by atoms with E-state index in [-0.39, 0.29) is 6.10 Å². The van der Waals surface area contributed by atoms with Gasteiger partial charge >= 0.3 is 0 Å². The third-order valence-corrected chi connectivity index (χ3v) is 3.53. The zero-order valence-electron chi connectivity index (χ0n) is 9.97. The number of nitrogens with zero attached hydrogens (tertiary/aromatic N) is 3. The Bertz CT molecular complexity index is 377. The van der Waals surface area contributed by atoms with Crippen molar-refractivity contribution >= 4 is 21.7 Å². The van der Waals surface area contributed by atoms with Gasteiger partial charge in [-0.2, -0.15) is 0 Å². The lowest BCUT2D eigenvalue weighted by atomic mass is 10.2. The normalized spacial score (nSPS) is 24.8. The van der Waals surface area contributed by atoms with E-state index in [1.54, 1.807) is 7.11 Å². The largest absolute Gasteiger partial charge is 0.481 e. The number of hydrogen-bond donors (Lipinski definition) is 0. The predicted octanol–water partition coefficient (Wildman–Crippen LogP) is 1.47. The van der Waals surface area contributed by atoms with Crippen molar-refractivity contribution < 1.29 is 9.47 Å². The summed E-state index contributed by atoms with van der Waals surface area (Å²) >= 11 is 3.45. The van der Waals surface area contributed by atoms with Gasteiger partial charge in [-0.1, -0.05) is 15.9 Å². The third kappa shape index (κ3) is 2.87. The van der Waals surface area contributed by atoms with E-state index in [4.69, 9.17) is 9.47 Å². The average molecular weight is 302 g/mol. The minimum atomic E-state index is 0.201. The highest BCUT2D eigenvalue weighted by Gasteiger charge is 2.26. The molecule has 2 atom stereocenters. The summed E-state index contributed by atoms with van der Waals surface area (Å²) in [5, 5.41) is 0.832. The van der Waals surface area contributed by atoms with Crippen LogP contribution < -0.4 is 9.64 Å². The number of ether oxygens (including phenoxy) is 2. The summed E-state index contributed by atoms with van der Waals surface area (Å²) in [5.74, 6) is 1.47. The molecule has 17 heavy (non-hydrogen) atoms. The second-order valence-electron chi connectivity index (χ2n) is 4.03. The Hall–Kier alpha value is -0.880. The molecule has 1 aliphatic heterocycles. The third-order valence-electron chi connectivity index (χ3n) is 2.81. The standard InChI is InChI=1S/C11H16BrN3O2/c1-8-6-17-9(4-12)5-15(8)10-3-11(16-2)14-7-13-10/h3,7-9H,4-6H2,1-2H3. The first kappa shape index (κ1) is 12.6. The van der Waals surface area contributed by atoms with Crippen molar-refractivity contribution in [3.05, 3.63) is 12.4 Å². The van der Waals surface area contributed by atoms with Crippen LogP contribution in [0, 0.1) is 0 Å². The van der Waals surface area contributed by atoms with Gasteiger partial charge < -0.3 is 14.4 Å². The maximum atomic E-state index is 5.68. The topological polar surface area (TPSA) is 47.5 Å². The minimum absolute atomic E-state index is 0.201. The molecular formula is C11H16BrN3O2. The molecule has 1 aliphatic rings. The summed E-state index contributed by atoms with van der Waals surface area (Å²) in [7, 11) is 1.61. The van der Waals surface area contributed by atoms with Crippen LogP contribution in [-0.2, 0) is 4.74 Å². The minimum Gasteiger partial charge on any atom is -0.481 e. The zero-order valence-corrected chi connectivity index (χ0v) is 11.6. The number of alkyl halides is 1. The quantitative estimate of drug-likeness (QED) is 0.791. The Morgan fingerprint density at radius 3 is 3.12 bits per heavy atom. The van der Waals surface area contributed by atoms with Crippen LogP contribution >= 0.6 is 15.9 Å². The van der Waals surface area contributed by atoms with Crippen molar-refractivity contribution in [1.29, 1.82) is 0 Å². The summed E-state index contributed by atoms with van der Waals surface area (Å²) in [6.07, 6.45) is 1.73. The van der Waals surface area contributed by atoms with E-state index >= 15 is 0 Å². The first-order chi connectivity index (χ1) is 8.24. The summed E-state index contributed by atoms with van der Waals surface area (Å²) in [5.41, 5.74) is 0. The highest BCUT2D eigenvalue weighted by molar-refractivity contribution is 9.09. The summed E-state index contributed by atoms with van der Waals surface area (Å²) in [4.78, 5) is 10.5. The van der Waals surface area contributed by atoms with Crippen molar-refractivity contribution in [2.24, 2.45) is 0 Å². The van der Waals surface area contributed by atoms with E-state index in [9.17, 15) is 0 Å². The molecule has 1 aromatic rings. The molecule has 1 saturated heterocycles. The van der Waals surface area contributed by atoms with E-state index in [1.165, 1.54) is 6.33 Å². The maximum Gasteiger partial charge on any atom is 0.218 e. The van der Waals surface area contributed by atoms with Gasteiger partial charge in [0, 0.05) is 17.9 Å². The first-order valence-corrected chi connectivity index (χ1v) is 6.67. The molecule has 6 heteroatoms. The number of rotatable bonds is 3. The molecule has 0 spiro atoms. The lowest BCUT2D eigenvalue weighted by Crippen LogP contribution is -2.49. The lowest BCUT2D eigenvalue weighted by Gasteiger charge is -2.38. The maximum absolute atomic E-state index is 5.68. The van der Waals surface area contributed by atoms with Crippen LogP contribution in [-0.4, -0.2) is 47.7 Å². The smallest absolute Gasteiger partial charge is 0.218 e. The van der Waals surface area contributed by atoms with Gasteiger partial charge in [0.15, 0.2) is 0 Å². The van der Waals surface area contributed by atoms with Crippen molar-refractivity contribution in [3.63, 3.8) is 0 Å². The Labute approximate surface area is 109 Å². The zero-order chi connectivity index (χ0) is 12.3. The molecule has 1 fully saturated rings. The van der Waals surface area contributed by atoms with E-state index in [0.29, 0.717) is 18.5 Å². The fraction of sp³-hybridized carbons (Fsp3) is 0.636. The van der Waals surface area contributed by atoms with Gasteiger partial charge in [-0.15, -0.1) is 0 Å². The highest BCUT2D eigenvalue weighted by Crippen LogP contribution is 2.22. The summed E-state index contributed by atoms with van der Waals surface area (Å²) in [6, 6.07) is 2.16. The molecule has 94 valence electrons. The van der Waals surface area contributed by atoms with E-state index in [0.717, 1.165) is 17.7 Å². The van der Waals surface area contributed by atoms with Gasteiger partial charge in [0.25, 0.3) is 0 Å². The van der Waals surface area contributed by atoms with Gasteiger partial charge in [-0.05, 0) is 6.92 Å². The van der Waals surface area contributed by atoms with Crippen molar-refractivity contribution in [2.45, 2.75) is 19.1 Å². The van der Waals surface area contributed by atoms with Crippen molar-refractivity contribution in [3.8, 4) is 5.88 Å². The number of morpholine rings is 1. The van der Waals surface area contributed by atoms with Gasteiger partial charge in [0.05, 0.1) is 25.9 Å². The van der Waals surface area contributed by atoms with E-state index < -0.39 is 0 Å². The Morgan fingerprint density at radius 1 is 1.59 bits per heavy atom. The second-order valence-corrected chi connectivity index (χ2v) is 4.68. The van der Waals surface area contributed by atoms with E-state index in [1.807, 2.05) is 6.07 Å². The average Bonchev–Trinajstić information content (AvgIpc) is 2.39. The molecule has 2 heterocycles. The highest BCUT2D eigenvalue weighted by atomic mass is 79.9. The molecule has 0 N–H and O–H groups in total. The molecular weight excluding hydrogens is 286 g/mol. The first-order valence-electron chi connectivity index (χ1n) is 5.55. The molecule has 2 unspecified atom stereocenters. The number of aromatic nitrogens is 2. The van der Waals surface area contributed by atoms with Crippen LogP contribution in [0.25, 0.3) is 0 Å². The molecule has 5 nitrogen and oxygen atoms in total. The van der Waals surface area contributed by atoms with Gasteiger partial charge in [-0.25, -0.2) is 9.97 Å². The van der Waals surface area contributed by atoms with Gasteiger partial charge in [-0.3, -0.25) is 0 Å². The van der Waals surface area contributed by atoms with Crippen LogP contribution in [0.5, 0.6) is 5.88 Å². The molecule has 0 bridgehead atoms. The number of methoxy groups -OCH3 is 1. The predicted molar refractivity (Wildman–Crippen MR) is 68.9 cm³/mol. The van der Waals surface area contributed by atoms with Crippen LogP contribution in [0.4, 0.5) is 5.82 Å². The number of halogens is 1. The van der Waals surface area contributed by atoms with Crippen LogP contribution in [0.15, 0.2) is 12.4 Å². The lowest BCUT2D eigenvalue weighted by molar-refractivity contribution is 0.0376. The number of hydrogen-bond acceptors (Lipinski definition) is 5. The Kier molecular flexibility index (Phi) is 4.17. The van der Waals surface area contributed by atoms with Crippen LogP contribution in [0.2, 0.25) is 0 Å². The molecule has 0 radical (unpaired) electrons. The summed E-state index contributed by atoms with van der Waals surface area (Å²) < 4.78 is 10.8. The fourth-order valence-electron chi connectivity index (χ4n) is 1.83. The fourth-order valence-corrected chi connectivity index (χ4v) is 2.22. The summed E-state index contributed by atoms with van der Waals surface area (Å²) in [6.45, 7) is 3.66. The SMILES string of the molecule is COc1cc(N2CC(CBr)OCC2C)ncn1.